The number of halogens is 4. The second-order valence-corrected chi connectivity index (χ2v) is 12.3. The van der Waals surface area contributed by atoms with Crippen LogP contribution in [0.5, 0.6) is 0 Å². The molecule has 0 aromatic heterocycles. The van der Waals surface area contributed by atoms with Crippen LogP contribution < -0.4 is 4.90 Å². The topological polar surface area (TPSA) is 101 Å². The summed E-state index contributed by atoms with van der Waals surface area (Å²) in [7, 11) is -4.37. The van der Waals surface area contributed by atoms with Crippen LogP contribution in [-0.4, -0.2) is 37.1 Å². The van der Waals surface area contributed by atoms with Gasteiger partial charge in [-0.15, -0.1) is 0 Å². The van der Waals surface area contributed by atoms with E-state index in [-0.39, 0.29) is 22.2 Å². The zero-order valence-corrected chi connectivity index (χ0v) is 23.8. The zero-order chi connectivity index (χ0) is 30.8. The van der Waals surface area contributed by atoms with Crippen molar-refractivity contribution in [3.05, 3.63) is 98.6 Å². The van der Waals surface area contributed by atoms with E-state index in [9.17, 15) is 40.9 Å². The highest BCUT2D eigenvalue weighted by molar-refractivity contribution is 7.89. The van der Waals surface area contributed by atoms with E-state index in [0.29, 0.717) is 11.5 Å². The number of likely N-dealkylation sites (N-methyl/N-ethyl adjacent to an activating group) is 1. The summed E-state index contributed by atoms with van der Waals surface area (Å²) in [6.45, 7) is -0.272. The molecule has 0 saturated heterocycles. The van der Waals surface area contributed by atoms with Gasteiger partial charge in [-0.25, -0.2) is 26.0 Å². The Kier molecular flexibility index (Phi) is 9.31. The highest BCUT2D eigenvalue weighted by Gasteiger charge is 2.36. The van der Waals surface area contributed by atoms with Crippen LogP contribution in [0.2, 0.25) is 0 Å². The lowest BCUT2D eigenvalue weighted by Gasteiger charge is -2.26. The Balaban J connectivity index is 1.63. The number of nitro benzene ring substituents is 1. The van der Waals surface area contributed by atoms with Crippen molar-refractivity contribution in [2.45, 2.75) is 56.4 Å². The van der Waals surface area contributed by atoms with Gasteiger partial charge in [0.2, 0.25) is 15.9 Å². The number of amides is 1. The normalized spacial score (nSPS) is 14.3. The molecule has 1 fully saturated rings. The first-order valence-corrected chi connectivity index (χ1v) is 14.7. The predicted molar refractivity (Wildman–Crippen MR) is 147 cm³/mol. The molecule has 0 N–H and O–H groups in total. The van der Waals surface area contributed by atoms with Gasteiger partial charge in [0.15, 0.2) is 28.2 Å². The minimum atomic E-state index is -5.22. The molecule has 3 aromatic rings. The second-order valence-electron chi connectivity index (χ2n) is 10.3. The van der Waals surface area contributed by atoms with Gasteiger partial charge < -0.3 is 4.90 Å². The van der Waals surface area contributed by atoms with Crippen LogP contribution in [0.4, 0.5) is 28.9 Å². The molecule has 13 heteroatoms. The van der Waals surface area contributed by atoms with Gasteiger partial charge in [-0.1, -0.05) is 43.5 Å². The number of nitrogens with zero attached hydrogens (tertiary/aromatic N) is 3. The molecule has 4 rings (SSSR count). The minimum Gasteiger partial charge on any atom is -0.307 e. The van der Waals surface area contributed by atoms with Gasteiger partial charge in [0, 0.05) is 30.4 Å². The molecule has 8 nitrogen and oxygen atoms in total. The number of non-ortho nitro benzene ring substituents is 1. The van der Waals surface area contributed by atoms with Crippen LogP contribution in [0.1, 0.15) is 54.7 Å². The number of nitro groups is 1. The number of rotatable bonds is 9. The molecule has 224 valence electrons. The third kappa shape index (κ3) is 6.31. The third-order valence-electron chi connectivity index (χ3n) is 7.54. The van der Waals surface area contributed by atoms with Gasteiger partial charge >= 0.3 is 0 Å². The summed E-state index contributed by atoms with van der Waals surface area (Å²) in [6, 6.07) is 12.6. The van der Waals surface area contributed by atoms with Crippen molar-refractivity contribution in [2.24, 2.45) is 0 Å². The molecule has 1 aliphatic carbocycles. The lowest BCUT2D eigenvalue weighted by molar-refractivity contribution is -0.384. The molecule has 42 heavy (non-hydrogen) atoms. The monoisotopic (exact) mass is 607 g/mol. The van der Waals surface area contributed by atoms with E-state index in [1.807, 2.05) is 24.3 Å². The van der Waals surface area contributed by atoms with E-state index in [0.717, 1.165) is 44.6 Å². The van der Waals surface area contributed by atoms with Crippen molar-refractivity contribution in [1.82, 2.24) is 4.31 Å². The molecule has 0 aliphatic heterocycles. The largest absolute Gasteiger partial charge is 0.307 e. The number of anilines is 1. The number of sulfonamides is 1. The van der Waals surface area contributed by atoms with Crippen molar-refractivity contribution in [3.63, 3.8) is 0 Å². The SMILES string of the molecule is Cc1c(F)c(F)c(S(=O)(=O)N(C)CC(=O)N(Cc2ccc(C3CCCCC3)cc2)c2ccc([N+](=O)[O-])cc2)c(F)c1F. The van der Waals surface area contributed by atoms with Crippen LogP contribution in [0, 0.1) is 40.3 Å². The fraction of sp³-hybridized carbons (Fsp3) is 0.345. The molecule has 3 aromatic carbocycles. The first-order valence-electron chi connectivity index (χ1n) is 13.3. The smallest absolute Gasteiger partial charge is 0.269 e. The van der Waals surface area contributed by atoms with Crippen molar-refractivity contribution >= 4 is 27.3 Å². The van der Waals surface area contributed by atoms with Gasteiger partial charge in [-0.2, -0.15) is 4.31 Å². The lowest BCUT2D eigenvalue weighted by Crippen LogP contribution is -2.41. The maximum Gasteiger partial charge on any atom is 0.269 e. The average Bonchev–Trinajstić information content (AvgIpc) is 2.98. The van der Waals surface area contributed by atoms with E-state index in [1.165, 1.54) is 36.2 Å². The fourth-order valence-corrected chi connectivity index (χ4v) is 6.28. The summed E-state index contributed by atoms with van der Waals surface area (Å²) in [5.74, 6) is -8.35. The van der Waals surface area contributed by atoms with E-state index >= 15 is 0 Å². The Morgan fingerprint density at radius 1 is 0.905 bits per heavy atom. The van der Waals surface area contributed by atoms with Gasteiger partial charge in [0.25, 0.3) is 5.69 Å². The Morgan fingerprint density at radius 3 is 1.98 bits per heavy atom. The number of hydrogen-bond acceptors (Lipinski definition) is 5. The van der Waals surface area contributed by atoms with Gasteiger partial charge in [-0.05, 0) is 48.9 Å². The first kappa shape index (κ1) is 31.1. The van der Waals surface area contributed by atoms with Crippen LogP contribution in [0.3, 0.4) is 0 Å². The summed E-state index contributed by atoms with van der Waals surface area (Å²) in [4.78, 5) is 23.3. The molecule has 0 unspecified atom stereocenters. The maximum atomic E-state index is 14.5. The maximum absolute atomic E-state index is 14.5. The zero-order valence-electron chi connectivity index (χ0n) is 22.9. The quantitative estimate of drug-likeness (QED) is 0.122. The van der Waals surface area contributed by atoms with Crippen LogP contribution in [0.25, 0.3) is 0 Å². The standard InChI is InChI=1S/C29H29F4N3O5S/c1-18-25(30)27(32)29(28(33)26(18)31)42(40,41)34(2)17-24(37)35(22-12-14-23(15-13-22)36(38)39)16-19-8-10-21(11-9-19)20-6-4-3-5-7-20/h8-15,20H,3-7,16-17H2,1-2H3. The number of carbonyl (C=O) groups is 1. The van der Waals surface area contributed by atoms with Gasteiger partial charge in [0.05, 0.1) is 18.0 Å². The Hall–Kier alpha value is -3.84. The molecular formula is C29H29F4N3O5S. The number of hydrogen-bond donors (Lipinski definition) is 0. The van der Waals surface area contributed by atoms with Gasteiger partial charge in [0.1, 0.15) is 0 Å². The third-order valence-corrected chi connectivity index (χ3v) is 9.36. The highest BCUT2D eigenvalue weighted by Crippen LogP contribution is 2.33. The molecule has 0 heterocycles. The van der Waals surface area contributed by atoms with Crippen LogP contribution >= 0.6 is 0 Å². The summed E-state index contributed by atoms with van der Waals surface area (Å²) in [5.41, 5.74) is 0.766. The summed E-state index contributed by atoms with van der Waals surface area (Å²) in [6.07, 6.45) is 5.69. The van der Waals surface area contributed by atoms with Crippen LogP contribution in [0.15, 0.2) is 53.4 Å². The molecule has 1 amide bonds. The van der Waals surface area contributed by atoms with E-state index < -0.39 is 61.1 Å². The van der Waals surface area contributed by atoms with Crippen molar-refractivity contribution in [2.75, 3.05) is 18.5 Å². The summed E-state index contributed by atoms with van der Waals surface area (Å²) < 4.78 is 83.7. The Labute approximate surface area is 240 Å². The highest BCUT2D eigenvalue weighted by atomic mass is 32.2. The molecular weight excluding hydrogens is 578 g/mol. The molecule has 1 saturated carbocycles. The number of carbonyl (C=O) groups excluding carboxylic acids is 1. The Morgan fingerprint density at radius 2 is 1.45 bits per heavy atom. The molecule has 0 atom stereocenters. The molecule has 1 aliphatic rings. The number of benzene rings is 3. The first-order chi connectivity index (χ1) is 19.8. The minimum absolute atomic E-state index is 0.0635. The lowest BCUT2D eigenvalue weighted by atomic mass is 9.84. The van der Waals surface area contributed by atoms with E-state index in [2.05, 4.69) is 0 Å². The molecule has 0 radical (unpaired) electrons. The average molecular weight is 608 g/mol. The van der Waals surface area contributed by atoms with Crippen molar-refractivity contribution < 1.29 is 35.7 Å². The van der Waals surface area contributed by atoms with Gasteiger partial charge in [-0.3, -0.25) is 14.9 Å². The van der Waals surface area contributed by atoms with E-state index in [4.69, 9.17) is 0 Å². The Bertz CT molecular complexity index is 1560. The van der Waals surface area contributed by atoms with E-state index in [1.54, 1.807) is 0 Å². The predicted octanol–water partition coefficient (Wildman–Crippen LogP) is 6.36. The summed E-state index contributed by atoms with van der Waals surface area (Å²) in [5, 5.41) is 11.1. The fourth-order valence-electron chi connectivity index (χ4n) is 5.06. The molecule has 0 spiro atoms. The summed E-state index contributed by atoms with van der Waals surface area (Å²) >= 11 is 0. The second kappa shape index (κ2) is 12.6. The molecule has 0 bridgehead atoms. The van der Waals surface area contributed by atoms with Crippen molar-refractivity contribution in [3.8, 4) is 0 Å². The van der Waals surface area contributed by atoms with Crippen molar-refractivity contribution in [1.29, 1.82) is 0 Å². The van der Waals surface area contributed by atoms with Crippen LogP contribution in [-0.2, 0) is 21.4 Å².